The Morgan fingerprint density at radius 3 is 2.65 bits per heavy atom. The van der Waals surface area contributed by atoms with Crippen LogP contribution in [0.25, 0.3) is 10.3 Å². The van der Waals surface area contributed by atoms with Crippen LogP contribution in [0.1, 0.15) is 0 Å². The number of anilines is 1. The molecule has 0 aliphatic carbocycles. The van der Waals surface area contributed by atoms with E-state index in [1.165, 1.54) is 11.3 Å². The summed E-state index contributed by atoms with van der Waals surface area (Å²) >= 11 is 1.35. The van der Waals surface area contributed by atoms with Crippen molar-refractivity contribution in [2.45, 2.75) is 0 Å². The lowest BCUT2D eigenvalue weighted by Gasteiger charge is -2.03. The summed E-state index contributed by atoms with van der Waals surface area (Å²) in [5.41, 5.74) is 6.42. The van der Waals surface area contributed by atoms with E-state index in [1.54, 1.807) is 6.07 Å². The number of thiazole rings is 1. The average Bonchev–Trinajstić information content (AvgIpc) is 2.70. The highest BCUT2D eigenvalue weighted by Crippen LogP contribution is 2.26. The number of para-hydroxylation sites is 1. The maximum atomic E-state index is 5.62. The first kappa shape index (κ1) is 10.0. The van der Waals surface area contributed by atoms with E-state index >= 15 is 0 Å². The smallest absolute Gasteiger partial charge is 0.220 e. The van der Waals surface area contributed by atoms with Gasteiger partial charge in [-0.25, -0.2) is 9.97 Å². The third-order valence-corrected chi connectivity index (χ3v) is 3.01. The molecule has 0 bridgehead atoms. The Labute approximate surface area is 102 Å². The molecule has 3 rings (SSSR count). The second kappa shape index (κ2) is 4.03. The van der Waals surface area contributed by atoms with Crippen molar-refractivity contribution < 1.29 is 4.74 Å². The van der Waals surface area contributed by atoms with E-state index in [0.29, 0.717) is 11.0 Å². The van der Waals surface area contributed by atoms with Crippen LogP contribution in [0.3, 0.4) is 0 Å². The minimum atomic E-state index is 0.518. The van der Waals surface area contributed by atoms with Crippen LogP contribution in [-0.2, 0) is 0 Å². The summed E-state index contributed by atoms with van der Waals surface area (Å²) in [5.74, 6) is 1.31. The zero-order valence-electron chi connectivity index (χ0n) is 8.83. The van der Waals surface area contributed by atoms with Crippen LogP contribution in [-0.4, -0.2) is 9.97 Å². The lowest BCUT2D eigenvalue weighted by molar-refractivity contribution is 0.465. The van der Waals surface area contributed by atoms with Crippen molar-refractivity contribution in [1.29, 1.82) is 0 Å². The summed E-state index contributed by atoms with van der Waals surface area (Å²) in [6.45, 7) is 0. The van der Waals surface area contributed by atoms with Crippen LogP contribution in [0.5, 0.6) is 11.6 Å². The first-order chi connectivity index (χ1) is 8.31. The third-order valence-electron chi connectivity index (χ3n) is 2.21. The predicted molar refractivity (Wildman–Crippen MR) is 68.3 cm³/mol. The normalized spacial score (nSPS) is 10.6. The quantitative estimate of drug-likeness (QED) is 0.751. The molecular formula is C12H9N3OS. The first-order valence-corrected chi connectivity index (χ1v) is 5.89. The molecule has 0 saturated heterocycles. The molecule has 0 amide bonds. The highest BCUT2D eigenvalue weighted by molar-refractivity contribution is 7.21. The van der Waals surface area contributed by atoms with Gasteiger partial charge in [-0.3, -0.25) is 0 Å². The van der Waals surface area contributed by atoms with Gasteiger partial charge in [-0.1, -0.05) is 29.5 Å². The Hall–Kier alpha value is -2.14. The van der Waals surface area contributed by atoms with E-state index in [9.17, 15) is 0 Å². The molecule has 0 aliphatic rings. The molecule has 2 aromatic heterocycles. The molecule has 0 radical (unpaired) electrons. The van der Waals surface area contributed by atoms with Gasteiger partial charge in [-0.2, -0.15) is 0 Å². The minimum absolute atomic E-state index is 0.518. The topological polar surface area (TPSA) is 61.0 Å². The van der Waals surface area contributed by atoms with Crippen molar-refractivity contribution in [1.82, 2.24) is 9.97 Å². The Bertz CT molecular complexity index is 651. The van der Waals surface area contributed by atoms with Crippen molar-refractivity contribution >= 4 is 26.8 Å². The number of ether oxygens (including phenoxy) is 1. The van der Waals surface area contributed by atoms with Gasteiger partial charge in [0.1, 0.15) is 16.1 Å². The lowest BCUT2D eigenvalue weighted by atomic mass is 10.3. The molecule has 1 aromatic carbocycles. The molecule has 17 heavy (non-hydrogen) atoms. The van der Waals surface area contributed by atoms with Gasteiger partial charge >= 0.3 is 0 Å². The number of nitrogens with two attached hydrogens (primary N) is 1. The zero-order chi connectivity index (χ0) is 11.7. The molecule has 2 heterocycles. The van der Waals surface area contributed by atoms with Gasteiger partial charge in [-0.05, 0) is 18.2 Å². The number of aromatic nitrogens is 2. The van der Waals surface area contributed by atoms with E-state index < -0.39 is 0 Å². The monoisotopic (exact) mass is 243 g/mol. The molecule has 0 saturated carbocycles. The number of hydrogen-bond donors (Lipinski definition) is 1. The summed E-state index contributed by atoms with van der Waals surface area (Å²) in [5, 5.41) is 0.518. The van der Waals surface area contributed by atoms with Crippen molar-refractivity contribution in [2.75, 3.05) is 5.73 Å². The highest BCUT2D eigenvalue weighted by atomic mass is 32.1. The van der Waals surface area contributed by atoms with Crippen LogP contribution in [0.15, 0.2) is 42.5 Å². The molecule has 5 heteroatoms. The van der Waals surface area contributed by atoms with Gasteiger partial charge in [0.15, 0.2) is 5.13 Å². The maximum Gasteiger partial charge on any atom is 0.220 e. The summed E-state index contributed by atoms with van der Waals surface area (Å²) in [6, 6.07) is 13.2. The fourth-order valence-corrected chi connectivity index (χ4v) is 2.18. The van der Waals surface area contributed by atoms with E-state index in [-0.39, 0.29) is 0 Å². The maximum absolute atomic E-state index is 5.62. The molecule has 0 unspecified atom stereocenters. The molecule has 4 nitrogen and oxygen atoms in total. The van der Waals surface area contributed by atoms with E-state index in [2.05, 4.69) is 9.97 Å². The van der Waals surface area contributed by atoms with Crippen LogP contribution in [0.4, 0.5) is 5.13 Å². The van der Waals surface area contributed by atoms with Gasteiger partial charge in [0.05, 0.1) is 0 Å². The van der Waals surface area contributed by atoms with E-state index in [1.807, 2.05) is 36.4 Å². The number of rotatable bonds is 2. The van der Waals surface area contributed by atoms with E-state index in [0.717, 1.165) is 16.1 Å². The number of nitrogens with zero attached hydrogens (tertiary/aromatic N) is 2. The number of hydrogen-bond acceptors (Lipinski definition) is 5. The molecule has 0 spiro atoms. The summed E-state index contributed by atoms with van der Waals surface area (Å²) in [7, 11) is 0. The first-order valence-electron chi connectivity index (χ1n) is 5.07. The largest absolute Gasteiger partial charge is 0.439 e. The van der Waals surface area contributed by atoms with Gasteiger partial charge in [0, 0.05) is 6.07 Å². The highest BCUT2D eigenvalue weighted by Gasteiger charge is 2.04. The molecule has 0 atom stereocenters. The Balaban J connectivity index is 1.95. The second-order valence-electron chi connectivity index (χ2n) is 3.44. The lowest BCUT2D eigenvalue weighted by Crippen LogP contribution is -1.86. The Kier molecular flexibility index (Phi) is 2.38. The third kappa shape index (κ3) is 2.05. The average molecular weight is 243 g/mol. The Morgan fingerprint density at radius 2 is 1.82 bits per heavy atom. The van der Waals surface area contributed by atoms with Crippen LogP contribution >= 0.6 is 11.3 Å². The number of nitrogen functional groups attached to an aromatic ring is 1. The molecule has 3 aromatic rings. The molecule has 2 N–H and O–H groups in total. The molecule has 84 valence electrons. The Morgan fingerprint density at radius 1 is 1.00 bits per heavy atom. The number of pyridine rings is 1. The predicted octanol–water partition coefficient (Wildman–Crippen LogP) is 3.07. The SMILES string of the molecule is Nc1nc2ccc(Oc3ccccc3)nc2s1. The van der Waals surface area contributed by atoms with Crippen molar-refractivity contribution in [3.63, 3.8) is 0 Å². The summed E-state index contributed by atoms with van der Waals surface area (Å²) in [6.07, 6.45) is 0. The molecular weight excluding hydrogens is 234 g/mol. The van der Waals surface area contributed by atoms with Crippen molar-refractivity contribution in [3.05, 3.63) is 42.5 Å². The standard InChI is InChI=1S/C12H9N3OS/c13-12-14-9-6-7-10(15-11(9)17-12)16-8-4-2-1-3-5-8/h1-7H,(H2,13,14). The number of fused-ring (bicyclic) bond motifs is 1. The minimum Gasteiger partial charge on any atom is -0.439 e. The summed E-state index contributed by atoms with van der Waals surface area (Å²) in [4.78, 5) is 9.27. The van der Waals surface area contributed by atoms with Gasteiger partial charge in [0.25, 0.3) is 0 Å². The van der Waals surface area contributed by atoms with Crippen LogP contribution < -0.4 is 10.5 Å². The summed E-state index contributed by atoms with van der Waals surface area (Å²) < 4.78 is 5.62. The van der Waals surface area contributed by atoms with Crippen LogP contribution in [0.2, 0.25) is 0 Å². The van der Waals surface area contributed by atoms with Gasteiger partial charge < -0.3 is 10.5 Å². The van der Waals surface area contributed by atoms with Crippen molar-refractivity contribution in [3.8, 4) is 11.6 Å². The molecule has 0 fully saturated rings. The zero-order valence-corrected chi connectivity index (χ0v) is 9.65. The fourth-order valence-electron chi connectivity index (χ4n) is 1.48. The van der Waals surface area contributed by atoms with E-state index in [4.69, 9.17) is 10.5 Å². The van der Waals surface area contributed by atoms with Crippen molar-refractivity contribution in [2.24, 2.45) is 0 Å². The molecule has 0 aliphatic heterocycles. The van der Waals surface area contributed by atoms with Crippen LogP contribution in [0, 0.1) is 0 Å². The van der Waals surface area contributed by atoms with Gasteiger partial charge in [-0.15, -0.1) is 0 Å². The fraction of sp³-hybridized carbons (Fsp3) is 0. The van der Waals surface area contributed by atoms with Gasteiger partial charge in [0.2, 0.25) is 5.88 Å². The number of benzene rings is 1. The second-order valence-corrected chi connectivity index (χ2v) is 4.45.